The highest BCUT2D eigenvalue weighted by atomic mass is 16.5. The fourth-order valence-electron chi connectivity index (χ4n) is 18.9. The number of methoxy groups -OCH3 is 4. The number of anilines is 1. The van der Waals surface area contributed by atoms with E-state index in [1.807, 2.05) is 80.3 Å². The van der Waals surface area contributed by atoms with Crippen LogP contribution >= 0.6 is 0 Å². The number of hydrogen-bond donors (Lipinski definition) is 7. The number of fused-ring (bicyclic) bond motifs is 4. The molecule has 3 aromatic rings. The third-order valence-electron chi connectivity index (χ3n) is 27.2. The summed E-state index contributed by atoms with van der Waals surface area (Å²) in [6.07, 6.45) is 10.8. The van der Waals surface area contributed by atoms with Crippen LogP contribution in [-0.4, -0.2) is 359 Å². The number of likely N-dealkylation sites (N-methyl/N-ethyl adjacent to an activating group) is 2. The van der Waals surface area contributed by atoms with E-state index in [2.05, 4.69) is 55.4 Å². The lowest BCUT2D eigenvalue weighted by Crippen LogP contribution is -2.60. The van der Waals surface area contributed by atoms with E-state index in [4.69, 9.17) is 53.8 Å². The first kappa shape index (κ1) is 120. The van der Waals surface area contributed by atoms with Gasteiger partial charge in [0.05, 0.1) is 158 Å². The Morgan fingerprint density at radius 1 is 0.585 bits per heavy atom. The summed E-state index contributed by atoms with van der Waals surface area (Å²) >= 11 is 0. The van der Waals surface area contributed by atoms with E-state index in [0.717, 1.165) is 35.1 Å². The first-order chi connectivity index (χ1) is 70.4. The summed E-state index contributed by atoms with van der Waals surface area (Å²) in [5.74, 6) is -4.36. The predicted molar refractivity (Wildman–Crippen MR) is 550 cm³/mol. The van der Waals surface area contributed by atoms with Crippen molar-refractivity contribution in [3.63, 3.8) is 0 Å². The second-order valence-electron chi connectivity index (χ2n) is 38.7. The second-order valence-corrected chi connectivity index (χ2v) is 38.7. The number of carbonyl (C=O) groups is 15. The van der Waals surface area contributed by atoms with E-state index >= 15 is 0 Å². The smallest absolute Gasteiger partial charge is 0.328 e. The molecule has 0 aliphatic carbocycles. The first-order valence-electron chi connectivity index (χ1n) is 51.3. The highest BCUT2D eigenvalue weighted by Gasteiger charge is 2.46. The monoisotopic (exact) mass is 2050 g/mol. The van der Waals surface area contributed by atoms with Gasteiger partial charge in [-0.1, -0.05) is 110 Å². The van der Waals surface area contributed by atoms with Gasteiger partial charge in [-0.2, -0.15) is 0 Å². The molecule has 810 valence electrons. The number of nitrogens with zero attached hydrogens (tertiary/aromatic N) is 8. The molecule has 5 aliphatic rings. The van der Waals surface area contributed by atoms with Gasteiger partial charge in [0.1, 0.15) is 29.9 Å². The minimum Gasteiger partial charge on any atom is -0.493 e. The van der Waals surface area contributed by atoms with Crippen LogP contribution in [0.15, 0.2) is 83.9 Å². The van der Waals surface area contributed by atoms with Crippen molar-refractivity contribution >= 4 is 106 Å². The van der Waals surface area contributed by atoms with Gasteiger partial charge in [-0.3, -0.25) is 72.1 Å². The number of aryl methyl sites for hydroxylation is 1. The van der Waals surface area contributed by atoms with Gasteiger partial charge in [-0.15, -0.1) is 6.42 Å². The Labute approximate surface area is 864 Å². The van der Waals surface area contributed by atoms with Crippen molar-refractivity contribution in [2.75, 3.05) is 179 Å². The molecule has 8 rings (SSSR count). The zero-order valence-corrected chi connectivity index (χ0v) is 88.5. The molecule has 40 heteroatoms. The number of nitrogens with one attached hydrogen (secondary N) is 7. The number of esters is 1. The molecule has 3 saturated heterocycles. The summed E-state index contributed by atoms with van der Waals surface area (Å²) in [4.78, 5) is 219. The van der Waals surface area contributed by atoms with Gasteiger partial charge in [0.2, 0.25) is 65.0 Å². The van der Waals surface area contributed by atoms with Crippen LogP contribution in [0.5, 0.6) is 17.2 Å². The summed E-state index contributed by atoms with van der Waals surface area (Å²) < 4.78 is 58.1. The number of unbranched alkanes of at least 4 members (excludes halogenated alkanes) is 2. The number of rotatable bonds is 64. The molecular formula is C107H157N15O25. The number of aliphatic imine (C=N–C) groups is 1. The molecule has 7 N–H and O–H groups in total. The molecule has 3 aromatic carbocycles. The fourth-order valence-corrected chi connectivity index (χ4v) is 18.9. The summed E-state index contributed by atoms with van der Waals surface area (Å²) in [5.41, 5.74) is 5.40. The van der Waals surface area contributed by atoms with Crippen LogP contribution in [-0.2, 0) is 102 Å². The number of benzene rings is 3. The SMILES string of the molecule is C#CC(=O)NCCCC(=O)N(CCC(=O)NCCOCCOCCC(=O)NC(C)C(=O)NCCCC(=O)N(C)[C@H](C(=O)N[C@H](C(=O)N(C)[C@@H]([C@@H](C)CC)[C@@H](CC(=O)N1CCC[C@H]1[C@H](OC)[C@@H](C)C(=O)N[C@@H](Cc1ccccc1)C(=O)OC)OC)C(C)C)C(C)C)CCC(=O)NCCOCCOCCC(=O)N1C[C@@H]2CC(=C)CN2C(=O)c2cc(OC)c(OCCCCCOc3cc4c(cc3C)C(=O)N3CC(=C)C[C@H]3C=N4)cc21. The van der Waals surface area contributed by atoms with Crippen LogP contribution in [0.25, 0.3) is 0 Å². The fraction of sp³-hybridized carbons (Fsp3) is 0.626. The second kappa shape index (κ2) is 61.4. The molecule has 14 amide bonds. The molecule has 3 fully saturated rings. The number of likely N-dealkylation sites (tertiary alicyclic amines) is 1. The summed E-state index contributed by atoms with van der Waals surface area (Å²) in [6.45, 7) is 28.0. The molecular weight excluding hydrogens is 1900 g/mol. The van der Waals surface area contributed by atoms with E-state index in [-0.39, 0.29) is 228 Å². The highest BCUT2D eigenvalue weighted by molar-refractivity contribution is 6.08. The topological polar surface area (TPSA) is 468 Å². The minimum absolute atomic E-state index is 0.000458. The molecule has 0 saturated carbocycles. The molecule has 0 bridgehead atoms. The zero-order chi connectivity index (χ0) is 108. The van der Waals surface area contributed by atoms with E-state index < -0.39 is 108 Å². The first-order valence-corrected chi connectivity index (χ1v) is 51.3. The molecule has 0 spiro atoms. The maximum Gasteiger partial charge on any atom is 0.328 e. The molecule has 5 aliphatic heterocycles. The number of amides is 14. The van der Waals surface area contributed by atoms with Crippen molar-refractivity contribution in [2.45, 2.75) is 238 Å². The van der Waals surface area contributed by atoms with Gasteiger partial charge in [-0.05, 0) is 119 Å². The summed E-state index contributed by atoms with van der Waals surface area (Å²) in [7, 11) is 8.88. The Morgan fingerprint density at radius 2 is 1.20 bits per heavy atom. The van der Waals surface area contributed by atoms with Crippen molar-refractivity contribution in [1.82, 2.24) is 66.6 Å². The lowest BCUT2D eigenvalue weighted by Gasteiger charge is -2.41. The van der Waals surface area contributed by atoms with Crippen LogP contribution < -0.4 is 56.3 Å². The van der Waals surface area contributed by atoms with E-state index in [1.165, 1.54) is 52.2 Å². The summed E-state index contributed by atoms with van der Waals surface area (Å²) in [6, 6.07) is 10.7. The number of ether oxygens (including phenoxy) is 10. The molecule has 0 aromatic heterocycles. The Hall–Kier alpha value is -12.4. The van der Waals surface area contributed by atoms with Crippen molar-refractivity contribution in [2.24, 2.45) is 28.7 Å². The molecule has 147 heavy (non-hydrogen) atoms. The third kappa shape index (κ3) is 36.3. The van der Waals surface area contributed by atoms with Gasteiger partial charge in [0.15, 0.2) is 11.5 Å². The van der Waals surface area contributed by atoms with Crippen molar-refractivity contribution in [1.29, 1.82) is 0 Å². The van der Waals surface area contributed by atoms with Crippen molar-refractivity contribution in [3.05, 3.63) is 101 Å². The van der Waals surface area contributed by atoms with Gasteiger partial charge in [0, 0.05) is 151 Å². The van der Waals surface area contributed by atoms with Crippen molar-refractivity contribution < 1.29 is 119 Å². The Morgan fingerprint density at radius 3 is 1.81 bits per heavy atom. The van der Waals surface area contributed by atoms with Crippen LogP contribution in [0.4, 0.5) is 11.4 Å². The number of terminal acetylenes is 1. The van der Waals surface area contributed by atoms with Gasteiger partial charge in [0.25, 0.3) is 17.7 Å². The average molecular weight is 2050 g/mol. The Bertz CT molecular complexity index is 5050. The third-order valence-corrected chi connectivity index (χ3v) is 27.2. The van der Waals surface area contributed by atoms with Crippen molar-refractivity contribution in [3.8, 4) is 29.6 Å². The summed E-state index contributed by atoms with van der Waals surface area (Å²) in [5, 5.41) is 19.2. The lowest BCUT2D eigenvalue weighted by atomic mass is 9.89. The zero-order valence-electron chi connectivity index (χ0n) is 88.5. The maximum atomic E-state index is 14.9. The number of hydrogen-bond acceptors (Lipinski definition) is 26. The van der Waals surface area contributed by atoms with Crippen LogP contribution in [0.2, 0.25) is 0 Å². The van der Waals surface area contributed by atoms with E-state index in [0.29, 0.717) is 111 Å². The van der Waals surface area contributed by atoms with Crippen LogP contribution in [0, 0.1) is 42.9 Å². The largest absolute Gasteiger partial charge is 0.493 e. The number of carbonyl (C=O) groups excluding carboxylic acids is 15. The quantitative estimate of drug-likeness (QED) is 0.0141. The molecule has 1 unspecified atom stereocenters. The van der Waals surface area contributed by atoms with E-state index in [9.17, 15) is 71.9 Å². The Kier molecular flexibility index (Phi) is 50.0. The van der Waals surface area contributed by atoms with Gasteiger partial charge < -0.3 is 119 Å². The maximum absolute atomic E-state index is 14.9. The minimum atomic E-state index is -1.05. The lowest BCUT2D eigenvalue weighted by molar-refractivity contribution is -0.149. The molecule has 12 atom stereocenters. The van der Waals surface area contributed by atoms with Gasteiger partial charge >= 0.3 is 5.97 Å². The Balaban J connectivity index is 0.674. The normalized spacial score (nSPS) is 17.0. The van der Waals surface area contributed by atoms with E-state index in [1.54, 1.807) is 73.4 Å². The standard InChI is InChI=1S/C107H157N15O25/c1-19-72(9)99(88(139-16)63-96(130)119-43-29-32-83(119)100(140-17)74(11)101(131)114-82(107(137)141-18)59-76-30-23-21-24-31-76)117(14)106(136)97(68(3)4)115-103(133)98(69(5)6)116(13)93(127)33-27-40-111-102(132)75(12)113-92(126)37-48-142-52-54-144-50-41-109-90(124)35-44-118(94(128)34-28-39-108-89(123)20-2)45-36-91(125)110-42-51-145-55-53-143-49-38-95(129)122-67-78-57-71(8)66-121(78)105(135)80-60-86(138-15)87(62-84(80)122)147-47-26-22-25-46-146-85-61-81-79(58-73(85)10)104(134)120-65-70(7)56-77(120)64-112-81/h2,21,23-24,30-31,58,60-62,64,68-69,72,74-75,77-78,82-83,88,97-100H,7-8,19,22,25-29,32-57,59,63,65-67H2,1,3-6,9-18H3,(H,108,123)(H,109,124)(H,110,125)(H,111,132)(H,113,126)(H,114,131)(H,115,133)/t72-,74+,75?,77-,78-,82-,83-,88+,97-,98-,99-,100+/m0/s1. The molecule has 0 radical (unpaired) electrons. The predicted octanol–water partition coefficient (Wildman–Crippen LogP) is 6.30. The highest BCUT2D eigenvalue weighted by Crippen LogP contribution is 2.42. The molecule has 5 heterocycles. The molecule has 40 nitrogen and oxygen atoms in total. The van der Waals surface area contributed by atoms with Gasteiger partial charge in [-0.25, -0.2) is 4.79 Å². The van der Waals surface area contributed by atoms with Crippen LogP contribution in [0.3, 0.4) is 0 Å². The van der Waals surface area contributed by atoms with Crippen LogP contribution in [0.1, 0.15) is 196 Å². The average Bonchev–Trinajstić information content (AvgIpc) is 1.63.